The number of amides is 2. The van der Waals surface area contributed by atoms with E-state index in [0.717, 1.165) is 38.0 Å². The Hall–Kier alpha value is -2.38. The molecule has 7 nitrogen and oxygen atoms in total. The third-order valence-electron chi connectivity index (χ3n) is 5.49. The first kappa shape index (κ1) is 19.0. The third kappa shape index (κ3) is 4.20. The summed E-state index contributed by atoms with van der Waals surface area (Å²) in [5.74, 6) is 0. The maximum Gasteiger partial charge on any atom is 0.317 e. The second kappa shape index (κ2) is 8.75. The van der Waals surface area contributed by atoms with Crippen molar-refractivity contribution in [1.82, 2.24) is 20.0 Å². The zero-order chi connectivity index (χ0) is 19.3. The smallest absolute Gasteiger partial charge is 0.317 e. The van der Waals surface area contributed by atoms with Gasteiger partial charge in [-0.2, -0.15) is 5.10 Å². The van der Waals surface area contributed by atoms with E-state index in [2.05, 4.69) is 23.6 Å². The Morgan fingerprint density at radius 1 is 1.36 bits per heavy atom. The number of hydrogen-bond donors (Lipinski definition) is 1. The Morgan fingerprint density at radius 3 is 3.04 bits per heavy atom. The predicted molar refractivity (Wildman–Crippen MR) is 105 cm³/mol. The van der Waals surface area contributed by atoms with Crippen molar-refractivity contribution in [2.75, 3.05) is 33.4 Å². The summed E-state index contributed by atoms with van der Waals surface area (Å²) in [5.41, 5.74) is 3.36. The molecule has 2 aromatic rings. The summed E-state index contributed by atoms with van der Waals surface area (Å²) in [5, 5.41) is 7.79. The number of nitrogens with zero attached hydrogens (tertiary/aromatic N) is 3. The van der Waals surface area contributed by atoms with Gasteiger partial charge in [0.05, 0.1) is 38.0 Å². The van der Waals surface area contributed by atoms with Crippen molar-refractivity contribution in [2.45, 2.75) is 38.0 Å². The minimum atomic E-state index is -0.201. The molecule has 0 aliphatic carbocycles. The lowest BCUT2D eigenvalue weighted by Crippen LogP contribution is -2.46. The lowest BCUT2D eigenvalue weighted by Gasteiger charge is -2.27. The Morgan fingerprint density at radius 2 is 2.21 bits per heavy atom. The molecule has 1 saturated heterocycles. The van der Waals surface area contributed by atoms with Crippen molar-refractivity contribution in [3.05, 3.63) is 53.3 Å². The second-order valence-corrected chi connectivity index (χ2v) is 7.46. The van der Waals surface area contributed by atoms with E-state index < -0.39 is 0 Å². The van der Waals surface area contributed by atoms with E-state index in [1.54, 1.807) is 7.11 Å². The highest BCUT2D eigenvalue weighted by molar-refractivity contribution is 5.74. The zero-order valence-electron chi connectivity index (χ0n) is 16.3. The SMILES string of the molecule is COC[C@H]1CCCN1C(=O)NC[C@@H]1OCCc2cn(Cc3ccccc3)nc21. The molecular formula is C21H28N4O3. The van der Waals surface area contributed by atoms with Crippen molar-refractivity contribution in [2.24, 2.45) is 0 Å². The van der Waals surface area contributed by atoms with Crippen LogP contribution in [-0.4, -0.2) is 60.2 Å². The quantitative estimate of drug-likeness (QED) is 0.830. The van der Waals surface area contributed by atoms with Gasteiger partial charge in [0.2, 0.25) is 0 Å². The fourth-order valence-corrected chi connectivity index (χ4v) is 4.09. The van der Waals surface area contributed by atoms with Gasteiger partial charge < -0.3 is 19.7 Å². The van der Waals surface area contributed by atoms with Gasteiger partial charge in [-0.05, 0) is 30.4 Å². The maximum absolute atomic E-state index is 12.6. The number of benzene rings is 1. The number of aromatic nitrogens is 2. The first-order valence-corrected chi connectivity index (χ1v) is 9.99. The zero-order valence-corrected chi connectivity index (χ0v) is 16.3. The summed E-state index contributed by atoms with van der Waals surface area (Å²) in [7, 11) is 1.68. The van der Waals surface area contributed by atoms with Crippen LogP contribution in [0.4, 0.5) is 4.79 Å². The first-order valence-electron chi connectivity index (χ1n) is 9.99. The van der Waals surface area contributed by atoms with Crippen LogP contribution in [0.25, 0.3) is 0 Å². The molecule has 2 atom stereocenters. The number of methoxy groups -OCH3 is 1. The lowest BCUT2D eigenvalue weighted by atomic mass is 10.1. The van der Waals surface area contributed by atoms with Gasteiger partial charge in [0.1, 0.15) is 6.10 Å². The number of likely N-dealkylation sites (tertiary alicyclic amines) is 1. The standard InChI is InChI=1S/C21H28N4O3/c1-27-15-18-8-5-10-25(18)21(26)22-12-19-20-17(9-11-28-19)14-24(23-20)13-16-6-3-2-4-7-16/h2-4,6-7,14,18-19H,5,8-13,15H2,1H3,(H,22,26)/t18-,19+/m1/s1. The molecule has 2 aliphatic heterocycles. The van der Waals surface area contributed by atoms with Gasteiger partial charge in [0.15, 0.2) is 0 Å². The molecule has 2 aliphatic rings. The summed E-state index contributed by atoms with van der Waals surface area (Å²) in [6, 6.07) is 10.4. The summed E-state index contributed by atoms with van der Waals surface area (Å²) < 4.78 is 13.1. The number of nitrogens with one attached hydrogen (secondary N) is 1. The Bertz CT molecular complexity index is 792. The average Bonchev–Trinajstić information content (AvgIpc) is 3.34. The maximum atomic E-state index is 12.6. The molecule has 1 aromatic carbocycles. The molecule has 0 bridgehead atoms. The molecule has 4 rings (SSSR count). The van der Waals surface area contributed by atoms with Crippen molar-refractivity contribution in [1.29, 1.82) is 0 Å². The molecule has 3 heterocycles. The first-order chi connectivity index (χ1) is 13.7. The summed E-state index contributed by atoms with van der Waals surface area (Å²) >= 11 is 0. The van der Waals surface area contributed by atoms with Crippen LogP contribution < -0.4 is 5.32 Å². The van der Waals surface area contributed by atoms with Crippen LogP contribution in [0.15, 0.2) is 36.5 Å². The highest BCUT2D eigenvalue weighted by Crippen LogP contribution is 2.26. The van der Waals surface area contributed by atoms with Gasteiger partial charge in [0, 0.05) is 19.9 Å². The van der Waals surface area contributed by atoms with Crippen LogP contribution in [0.5, 0.6) is 0 Å². The molecule has 2 amide bonds. The summed E-state index contributed by atoms with van der Waals surface area (Å²) in [4.78, 5) is 14.5. The van der Waals surface area contributed by atoms with E-state index in [0.29, 0.717) is 19.8 Å². The van der Waals surface area contributed by atoms with E-state index in [1.807, 2.05) is 27.8 Å². The van der Waals surface area contributed by atoms with Gasteiger partial charge in [-0.15, -0.1) is 0 Å². The minimum absolute atomic E-state index is 0.0426. The van der Waals surface area contributed by atoms with Crippen molar-refractivity contribution in [3.63, 3.8) is 0 Å². The number of carbonyl (C=O) groups is 1. The third-order valence-corrected chi connectivity index (χ3v) is 5.49. The minimum Gasteiger partial charge on any atom is -0.383 e. The number of carbonyl (C=O) groups excluding carboxylic acids is 1. The topological polar surface area (TPSA) is 68.6 Å². The molecule has 1 fully saturated rings. The normalized spacial score (nSPS) is 21.5. The van der Waals surface area contributed by atoms with Gasteiger partial charge in [0.25, 0.3) is 0 Å². The number of fused-ring (bicyclic) bond motifs is 1. The predicted octanol–water partition coefficient (Wildman–Crippen LogP) is 2.37. The van der Waals surface area contributed by atoms with E-state index in [-0.39, 0.29) is 18.2 Å². The fourth-order valence-electron chi connectivity index (χ4n) is 4.09. The van der Waals surface area contributed by atoms with Crippen molar-refractivity contribution in [3.8, 4) is 0 Å². The Kier molecular flexibility index (Phi) is 5.92. The van der Waals surface area contributed by atoms with Crippen LogP contribution in [0.2, 0.25) is 0 Å². The van der Waals surface area contributed by atoms with Crippen LogP contribution in [0, 0.1) is 0 Å². The second-order valence-electron chi connectivity index (χ2n) is 7.46. The summed E-state index contributed by atoms with van der Waals surface area (Å²) in [6.07, 6.45) is 4.78. The molecule has 0 radical (unpaired) electrons. The van der Waals surface area contributed by atoms with E-state index >= 15 is 0 Å². The van der Waals surface area contributed by atoms with Crippen LogP contribution >= 0.6 is 0 Å². The van der Waals surface area contributed by atoms with Gasteiger partial charge in [-0.25, -0.2) is 4.79 Å². The molecule has 1 N–H and O–H groups in total. The van der Waals surface area contributed by atoms with Crippen LogP contribution in [0.3, 0.4) is 0 Å². The van der Waals surface area contributed by atoms with Gasteiger partial charge in [-0.1, -0.05) is 30.3 Å². The number of ether oxygens (including phenoxy) is 2. The van der Waals surface area contributed by atoms with E-state index in [4.69, 9.17) is 14.6 Å². The lowest BCUT2D eigenvalue weighted by molar-refractivity contribution is 0.0395. The largest absolute Gasteiger partial charge is 0.383 e. The Balaban J connectivity index is 1.38. The van der Waals surface area contributed by atoms with Gasteiger partial charge in [-0.3, -0.25) is 4.68 Å². The molecule has 150 valence electrons. The van der Waals surface area contributed by atoms with Crippen LogP contribution in [0.1, 0.15) is 35.8 Å². The fraction of sp³-hybridized carbons (Fsp3) is 0.524. The molecule has 0 saturated carbocycles. The highest BCUT2D eigenvalue weighted by Gasteiger charge is 2.30. The van der Waals surface area contributed by atoms with Crippen LogP contribution in [-0.2, 0) is 22.4 Å². The molecular weight excluding hydrogens is 356 g/mol. The highest BCUT2D eigenvalue weighted by atomic mass is 16.5. The molecule has 1 aromatic heterocycles. The van der Waals surface area contributed by atoms with E-state index in [9.17, 15) is 4.79 Å². The monoisotopic (exact) mass is 384 g/mol. The van der Waals surface area contributed by atoms with Crippen molar-refractivity contribution < 1.29 is 14.3 Å². The number of urea groups is 1. The molecule has 7 heteroatoms. The van der Waals surface area contributed by atoms with Gasteiger partial charge >= 0.3 is 6.03 Å². The summed E-state index contributed by atoms with van der Waals surface area (Å²) in [6.45, 7) is 3.19. The Labute approximate surface area is 165 Å². The number of hydrogen-bond acceptors (Lipinski definition) is 4. The molecule has 0 unspecified atom stereocenters. The average molecular weight is 384 g/mol. The molecule has 0 spiro atoms. The number of rotatable bonds is 6. The van der Waals surface area contributed by atoms with Crippen molar-refractivity contribution >= 4 is 6.03 Å². The molecule has 28 heavy (non-hydrogen) atoms. The van der Waals surface area contributed by atoms with E-state index in [1.165, 1.54) is 11.1 Å².